The largest absolute Gasteiger partial charge is 0.464 e. The molecule has 0 amide bonds. The molecule has 0 radical (unpaired) electrons. The van der Waals surface area contributed by atoms with Gasteiger partial charge in [0.15, 0.2) is 0 Å². The van der Waals surface area contributed by atoms with Crippen LogP contribution < -0.4 is 5.32 Å². The van der Waals surface area contributed by atoms with Gasteiger partial charge in [-0.3, -0.25) is 0 Å². The van der Waals surface area contributed by atoms with E-state index in [1.807, 2.05) is 6.26 Å². The lowest BCUT2D eigenvalue weighted by Crippen LogP contribution is -2.17. The molecule has 0 atom stereocenters. The standard InChI is InChI=1S/C16H23NO2/c1-3-8-17-9-6-14-12-19-16-5-4-13(7-10-18-2)11-15(14)16/h4-5,11-12,17H,3,6-10H2,1-2H3. The van der Waals surface area contributed by atoms with Crippen molar-refractivity contribution in [2.24, 2.45) is 0 Å². The first kappa shape index (κ1) is 14.1. The van der Waals surface area contributed by atoms with Crippen LogP contribution >= 0.6 is 0 Å². The lowest BCUT2D eigenvalue weighted by atomic mass is 10.1. The van der Waals surface area contributed by atoms with Crippen molar-refractivity contribution in [3.63, 3.8) is 0 Å². The molecule has 0 saturated heterocycles. The Morgan fingerprint density at radius 1 is 1.21 bits per heavy atom. The van der Waals surface area contributed by atoms with Gasteiger partial charge in [0.25, 0.3) is 0 Å². The Morgan fingerprint density at radius 2 is 2.11 bits per heavy atom. The molecule has 3 nitrogen and oxygen atoms in total. The quantitative estimate of drug-likeness (QED) is 0.741. The Labute approximate surface area is 114 Å². The zero-order chi connectivity index (χ0) is 13.5. The first-order chi connectivity index (χ1) is 9.35. The number of hydrogen-bond donors (Lipinski definition) is 1. The molecule has 1 aromatic heterocycles. The number of rotatable bonds is 8. The fourth-order valence-corrected chi connectivity index (χ4v) is 2.22. The van der Waals surface area contributed by atoms with Crippen LogP contribution in [0, 0.1) is 0 Å². The zero-order valence-corrected chi connectivity index (χ0v) is 11.9. The van der Waals surface area contributed by atoms with Crippen molar-refractivity contribution in [3.8, 4) is 0 Å². The lowest BCUT2D eigenvalue weighted by molar-refractivity contribution is 0.202. The van der Waals surface area contributed by atoms with Crippen molar-refractivity contribution in [3.05, 3.63) is 35.6 Å². The zero-order valence-electron chi connectivity index (χ0n) is 11.9. The summed E-state index contributed by atoms with van der Waals surface area (Å²) in [4.78, 5) is 0. The molecule has 2 rings (SSSR count). The average Bonchev–Trinajstić information content (AvgIpc) is 2.84. The molecule has 3 heteroatoms. The molecule has 0 saturated carbocycles. The van der Waals surface area contributed by atoms with Crippen molar-refractivity contribution in [2.75, 3.05) is 26.8 Å². The van der Waals surface area contributed by atoms with Gasteiger partial charge in [-0.05, 0) is 55.6 Å². The second kappa shape index (κ2) is 7.31. The summed E-state index contributed by atoms with van der Waals surface area (Å²) in [5.41, 5.74) is 3.57. The molecular weight excluding hydrogens is 238 g/mol. The van der Waals surface area contributed by atoms with Crippen LogP contribution in [-0.4, -0.2) is 26.8 Å². The molecule has 0 aliphatic carbocycles. The molecular formula is C16H23NO2. The third-order valence-electron chi connectivity index (χ3n) is 3.31. The molecule has 0 aliphatic rings. The Morgan fingerprint density at radius 3 is 2.89 bits per heavy atom. The molecule has 0 unspecified atom stereocenters. The monoisotopic (exact) mass is 261 g/mol. The molecule has 1 aromatic carbocycles. The summed E-state index contributed by atoms with van der Waals surface area (Å²) in [6, 6.07) is 6.40. The van der Waals surface area contributed by atoms with Gasteiger partial charge < -0.3 is 14.5 Å². The van der Waals surface area contributed by atoms with E-state index in [0.29, 0.717) is 0 Å². The maximum atomic E-state index is 5.61. The fourth-order valence-electron chi connectivity index (χ4n) is 2.22. The Bertz CT molecular complexity index is 504. The van der Waals surface area contributed by atoms with Gasteiger partial charge in [0.1, 0.15) is 5.58 Å². The minimum Gasteiger partial charge on any atom is -0.464 e. The van der Waals surface area contributed by atoms with E-state index in [4.69, 9.17) is 9.15 Å². The molecule has 104 valence electrons. The second-order valence-electron chi connectivity index (χ2n) is 4.83. The van der Waals surface area contributed by atoms with Crippen LogP contribution in [0.3, 0.4) is 0 Å². The van der Waals surface area contributed by atoms with Crippen molar-refractivity contribution in [1.82, 2.24) is 5.32 Å². The van der Waals surface area contributed by atoms with E-state index in [1.165, 1.54) is 22.9 Å². The van der Waals surface area contributed by atoms with Crippen molar-refractivity contribution < 1.29 is 9.15 Å². The van der Waals surface area contributed by atoms with E-state index in [-0.39, 0.29) is 0 Å². The fraction of sp³-hybridized carbons (Fsp3) is 0.500. The summed E-state index contributed by atoms with van der Waals surface area (Å²) in [5.74, 6) is 0. The van der Waals surface area contributed by atoms with Gasteiger partial charge in [0.05, 0.1) is 12.9 Å². The van der Waals surface area contributed by atoms with Crippen LogP contribution in [0.5, 0.6) is 0 Å². The van der Waals surface area contributed by atoms with Crippen molar-refractivity contribution in [1.29, 1.82) is 0 Å². The smallest absolute Gasteiger partial charge is 0.134 e. The Hall–Kier alpha value is -1.32. The number of fused-ring (bicyclic) bond motifs is 1. The van der Waals surface area contributed by atoms with Crippen molar-refractivity contribution >= 4 is 11.0 Å². The number of ether oxygens (including phenoxy) is 1. The van der Waals surface area contributed by atoms with Crippen LogP contribution in [0.2, 0.25) is 0 Å². The van der Waals surface area contributed by atoms with E-state index in [1.54, 1.807) is 7.11 Å². The van der Waals surface area contributed by atoms with E-state index in [0.717, 1.165) is 38.1 Å². The molecule has 19 heavy (non-hydrogen) atoms. The van der Waals surface area contributed by atoms with E-state index in [9.17, 15) is 0 Å². The van der Waals surface area contributed by atoms with Gasteiger partial charge in [-0.15, -0.1) is 0 Å². The number of benzene rings is 1. The van der Waals surface area contributed by atoms with Crippen LogP contribution in [0.15, 0.2) is 28.9 Å². The van der Waals surface area contributed by atoms with Gasteiger partial charge in [0.2, 0.25) is 0 Å². The minimum absolute atomic E-state index is 0.761. The maximum absolute atomic E-state index is 5.61. The van der Waals surface area contributed by atoms with Crippen LogP contribution in [0.25, 0.3) is 11.0 Å². The molecule has 1 heterocycles. The topological polar surface area (TPSA) is 34.4 Å². The molecule has 1 N–H and O–H groups in total. The first-order valence-electron chi connectivity index (χ1n) is 7.03. The summed E-state index contributed by atoms with van der Waals surface area (Å²) >= 11 is 0. The van der Waals surface area contributed by atoms with Gasteiger partial charge in [-0.25, -0.2) is 0 Å². The number of furan rings is 1. The van der Waals surface area contributed by atoms with E-state index >= 15 is 0 Å². The molecule has 0 fully saturated rings. The average molecular weight is 261 g/mol. The SMILES string of the molecule is CCCNCCc1coc2ccc(CCOC)cc12. The van der Waals surface area contributed by atoms with Gasteiger partial charge in [0, 0.05) is 12.5 Å². The van der Waals surface area contributed by atoms with Crippen LogP contribution in [0.4, 0.5) is 0 Å². The van der Waals surface area contributed by atoms with E-state index in [2.05, 4.69) is 30.4 Å². The van der Waals surface area contributed by atoms with Gasteiger partial charge in [-0.1, -0.05) is 13.0 Å². The van der Waals surface area contributed by atoms with Crippen molar-refractivity contribution in [2.45, 2.75) is 26.2 Å². The number of nitrogens with one attached hydrogen (secondary N) is 1. The summed E-state index contributed by atoms with van der Waals surface area (Å²) in [7, 11) is 1.74. The second-order valence-corrected chi connectivity index (χ2v) is 4.83. The summed E-state index contributed by atoms with van der Waals surface area (Å²) < 4.78 is 10.7. The van der Waals surface area contributed by atoms with Gasteiger partial charge in [-0.2, -0.15) is 0 Å². The lowest BCUT2D eigenvalue weighted by Gasteiger charge is -2.03. The Kier molecular flexibility index (Phi) is 5.43. The molecule has 2 aromatic rings. The summed E-state index contributed by atoms with van der Waals surface area (Å²) in [6.07, 6.45) is 5.03. The highest BCUT2D eigenvalue weighted by molar-refractivity contribution is 5.81. The molecule has 0 aliphatic heterocycles. The van der Waals surface area contributed by atoms with Crippen LogP contribution in [-0.2, 0) is 17.6 Å². The predicted molar refractivity (Wildman–Crippen MR) is 78.7 cm³/mol. The summed E-state index contributed by atoms with van der Waals surface area (Å²) in [6.45, 7) is 5.03. The third kappa shape index (κ3) is 3.82. The third-order valence-corrected chi connectivity index (χ3v) is 3.31. The molecule has 0 spiro atoms. The number of hydrogen-bond acceptors (Lipinski definition) is 3. The maximum Gasteiger partial charge on any atom is 0.134 e. The van der Waals surface area contributed by atoms with E-state index < -0.39 is 0 Å². The summed E-state index contributed by atoms with van der Waals surface area (Å²) in [5, 5.41) is 4.67. The number of methoxy groups -OCH3 is 1. The highest BCUT2D eigenvalue weighted by atomic mass is 16.5. The van der Waals surface area contributed by atoms with Gasteiger partial charge >= 0.3 is 0 Å². The normalized spacial score (nSPS) is 11.3. The highest BCUT2D eigenvalue weighted by Crippen LogP contribution is 2.23. The minimum atomic E-state index is 0.761. The highest BCUT2D eigenvalue weighted by Gasteiger charge is 2.06. The van der Waals surface area contributed by atoms with Crippen LogP contribution in [0.1, 0.15) is 24.5 Å². The Balaban J connectivity index is 2.06. The first-order valence-corrected chi connectivity index (χ1v) is 7.03. The predicted octanol–water partition coefficient (Wildman–Crippen LogP) is 3.16. The molecule has 0 bridgehead atoms.